The van der Waals surface area contributed by atoms with E-state index in [2.05, 4.69) is 25.8 Å². The molecule has 0 spiro atoms. The van der Waals surface area contributed by atoms with Crippen LogP contribution in [0.1, 0.15) is 25.1 Å². The number of benzene rings is 1. The van der Waals surface area contributed by atoms with Gasteiger partial charge in [-0.1, -0.05) is 22.4 Å². The van der Waals surface area contributed by atoms with Crippen molar-refractivity contribution in [3.05, 3.63) is 38.9 Å². The Morgan fingerprint density at radius 2 is 2.09 bits per heavy atom. The Hall–Kier alpha value is -1.24. The first kappa shape index (κ1) is 14.4. The van der Waals surface area contributed by atoms with Crippen LogP contribution in [0.3, 0.4) is 0 Å². The van der Waals surface area contributed by atoms with Crippen molar-refractivity contribution in [3.63, 3.8) is 0 Å². The first-order valence-electron chi connectivity index (χ1n) is 7.54. The number of halogens is 1. The van der Waals surface area contributed by atoms with Gasteiger partial charge in [0.25, 0.3) is 5.56 Å². The zero-order valence-corrected chi connectivity index (χ0v) is 14.5. The number of hydrogen-bond donors (Lipinski definition) is 1. The summed E-state index contributed by atoms with van der Waals surface area (Å²) >= 11 is 5.01. The first-order valence-corrected chi connectivity index (χ1v) is 9.15. The fourth-order valence-electron chi connectivity index (χ4n) is 3.08. The maximum absolute atomic E-state index is 12.4. The molecule has 1 saturated heterocycles. The zero-order chi connectivity index (χ0) is 15.1. The van der Waals surface area contributed by atoms with Gasteiger partial charge in [0.1, 0.15) is 10.5 Å². The van der Waals surface area contributed by atoms with Crippen molar-refractivity contribution in [2.24, 2.45) is 0 Å². The number of thiophene rings is 1. The van der Waals surface area contributed by atoms with Gasteiger partial charge in [0.2, 0.25) is 0 Å². The monoisotopic (exact) mass is 377 g/mol. The van der Waals surface area contributed by atoms with Gasteiger partial charge in [-0.05, 0) is 44.1 Å². The second kappa shape index (κ2) is 5.76. The third kappa shape index (κ3) is 2.59. The van der Waals surface area contributed by atoms with Gasteiger partial charge in [-0.3, -0.25) is 9.69 Å². The number of fused-ring (bicyclic) bond motifs is 3. The molecule has 0 unspecified atom stereocenters. The molecule has 0 radical (unpaired) electrons. The van der Waals surface area contributed by atoms with E-state index in [9.17, 15) is 4.79 Å². The molecule has 114 valence electrons. The number of H-pyrrole nitrogens is 1. The minimum absolute atomic E-state index is 0.0191. The molecule has 4 nitrogen and oxygen atoms in total. The lowest BCUT2D eigenvalue weighted by molar-refractivity contribution is 0.216. The Morgan fingerprint density at radius 1 is 1.27 bits per heavy atom. The van der Waals surface area contributed by atoms with E-state index in [0.717, 1.165) is 50.2 Å². The number of piperidine rings is 1. The molecule has 0 amide bonds. The molecule has 0 aliphatic carbocycles. The minimum Gasteiger partial charge on any atom is -0.308 e. The number of aromatic amines is 1. The van der Waals surface area contributed by atoms with Crippen LogP contribution in [-0.2, 0) is 6.54 Å². The van der Waals surface area contributed by atoms with Gasteiger partial charge >= 0.3 is 0 Å². The molecular formula is C16H16BrN3OS. The van der Waals surface area contributed by atoms with Crippen LogP contribution < -0.4 is 5.56 Å². The van der Waals surface area contributed by atoms with Gasteiger partial charge in [0.05, 0.1) is 12.1 Å². The molecule has 6 heteroatoms. The lowest BCUT2D eigenvalue weighted by atomic mass is 10.1. The van der Waals surface area contributed by atoms with Gasteiger partial charge in [0, 0.05) is 14.6 Å². The molecule has 0 bridgehead atoms. The highest BCUT2D eigenvalue weighted by atomic mass is 79.9. The van der Waals surface area contributed by atoms with Gasteiger partial charge in [0.15, 0.2) is 0 Å². The molecule has 4 rings (SSSR count). The van der Waals surface area contributed by atoms with Gasteiger partial charge in [-0.25, -0.2) is 4.98 Å². The molecule has 22 heavy (non-hydrogen) atoms. The van der Waals surface area contributed by atoms with Crippen molar-refractivity contribution in [1.29, 1.82) is 0 Å². The molecule has 1 N–H and O–H groups in total. The number of nitrogens with one attached hydrogen (secondary N) is 1. The highest BCUT2D eigenvalue weighted by Crippen LogP contribution is 2.32. The van der Waals surface area contributed by atoms with Crippen molar-refractivity contribution in [1.82, 2.24) is 14.9 Å². The SMILES string of the molecule is O=c1[nH]c(CN2CCCCC2)nc2c1sc1ccc(Br)cc12. The summed E-state index contributed by atoms with van der Waals surface area (Å²) < 4.78 is 2.83. The molecule has 0 atom stereocenters. The maximum Gasteiger partial charge on any atom is 0.268 e. The molecule has 3 heterocycles. The van der Waals surface area contributed by atoms with E-state index in [4.69, 9.17) is 4.98 Å². The van der Waals surface area contributed by atoms with Crippen LogP contribution in [0.2, 0.25) is 0 Å². The third-order valence-electron chi connectivity index (χ3n) is 4.16. The van der Waals surface area contributed by atoms with Crippen molar-refractivity contribution < 1.29 is 0 Å². The number of rotatable bonds is 2. The van der Waals surface area contributed by atoms with Crippen LogP contribution in [0.15, 0.2) is 27.5 Å². The Bertz CT molecular complexity index is 895. The fraction of sp³-hybridized carbons (Fsp3) is 0.375. The Morgan fingerprint density at radius 3 is 2.91 bits per heavy atom. The molecule has 1 fully saturated rings. The number of nitrogens with zero attached hydrogens (tertiary/aromatic N) is 2. The van der Waals surface area contributed by atoms with Crippen LogP contribution in [0.4, 0.5) is 0 Å². The topological polar surface area (TPSA) is 49.0 Å². The lowest BCUT2D eigenvalue weighted by Crippen LogP contribution is -2.30. The summed E-state index contributed by atoms with van der Waals surface area (Å²) in [4.78, 5) is 22.5. The number of hydrogen-bond acceptors (Lipinski definition) is 4. The quantitative estimate of drug-likeness (QED) is 0.736. The van der Waals surface area contributed by atoms with Crippen molar-refractivity contribution in [3.8, 4) is 0 Å². The predicted molar refractivity (Wildman–Crippen MR) is 94.6 cm³/mol. The largest absolute Gasteiger partial charge is 0.308 e. The van der Waals surface area contributed by atoms with E-state index >= 15 is 0 Å². The van der Waals surface area contributed by atoms with Crippen LogP contribution >= 0.6 is 27.3 Å². The zero-order valence-electron chi connectivity index (χ0n) is 12.1. The van der Waals surface area contributed by atoms with E-state index in [1.165, 1.54) is 30.6 Å². The molecule has 1 aliphatic heterocycles. The lowest BCUT2D eigenvalue weighted by Gasteiger charge is -2.25. The van der Waals surface area contributed by atoms with Gasteiger partial charge in [-0.2, -0.15) is 0 Å². The molecular weight excluding hydrogens is 362 g/mol. The predicted octanol–water partition coefficient (Wildman–Crippen LogP) is 3.89. The smallest absolute Gasteiger partial charge is 0.268 e. The van der Waals surface area contributed by atoms with Crippen molar-refractivity contribution in [2.45, 2.75) is 25.8 Å². The highest BCUT2D eigenvalue weighted by molar-refractivity contribution is 9.10. The summed E-state index contributed by atoms with van der Waals surface area (Å²) in [6.07, 6.45) is 3.78. The number of likely N-dealkylation sites (tertiary alicyclic amines) is 1. The van der Waals surface area contributed by atoms with Crippen LogP contribution in [0.5, 0.6) is 0 Å². The molecule has 3 aromatic rings. The minimum atomic E-state index is -0.0191. The third-order valence-corrected chi connectivity index (χ3v) is 5.81. The Balaban J connectivity index is 1.81. The second-order valence-electron chi connectivity index (χ2n) is 5.77. The van der Waals surface area contributed by atoms with E-state index in [1.54, 1.807) is 0 Å². The van der Waals surface area contributed by atoms with Crippen LogP contribution in [0, 0.1) is 0 Å². The molecule has 2 aromatic heterocycles. The first-order chi connectivity index (χ1) is 10.7. The summed E-state index contributed by atoms with van der Waals surface area (Å²) in [6.45, 7) is 2.92. The van der Waals surface area contributed by atoms with Gasteiger partial charge in [-0.15, -0.1) is 11.3 Å². The Kier molecular flexibility index (Phi) is 3.76. The maximum atomic E-state index is 12.4. The van der Waals surface area contributed by atoms with E-state index in [-0.39, 0.29) is 5.56 Å². The van der Waals surface area contributed by atoms with Crippen LogP contribution in [0.25, 0.3) is 20.3 Å². The summed E-state index contributed by atoms with van der Waals surface area (Å²) in [5, 5.41) is 1.06. The standard InChI is InChI=1S/C16H16BrN3OS/c17-10-4-5-12-11(8-10)14-15(22-12)16(21)19-13(18-14)9-20-6-2-1-3-7-20/h4-5,8H,1-3,6-7,9H2,(H,18,19,21). The summed E-state index contributed by atoms with van der Waals surface area (Å²) in [5.74, 6) is 0.777. The van der Waals surface area contributed by atoms with Crippen molar-refractivity contribution in [2.75, 3.05) is 13.1 Å². The second-order valence-corrected chi connectivity index (χ2v) is 7.74. The average Bonchev–Trinajstić information content (AvgIpc) is 2.87. The number of aromatic nitrogens is 2. The van der Waals surface area contributed by atoms with Crippen molar-refractivity contribution >= 4 is 47.6 Å². The summed E-state index contributed by atoms with van der Waals surface area (Å²) in [5.41, 5.74) is 0.811. The normalized spacial score (nSPS) is 16.6. The van der Waals surface area contributed by atoms with E-state index in [0.29, 0.717) is 0 Å². The summed E-state index contributed by atoms with van der Waals surface area (Å²) in [7, 11) is 0. The average molecular weight is 378 g/mol. The molecule has 1 aliphatic rings. The van der Waals surface area contributed by atoms with Crippen LogP contribution in [-0.4, -0.2) is 28.0 Å². The van der Waals surface area contributed by atoms with E-state index < -0.39 is 0 Å². The van der Waals surface area contributed by atoms with E-state index in [1.807, 2.05) is 18.2 Å². The highest BCUT2D eigenvalue weighted by Gasteiger charge is 2.15. The molecule has 0 saturated carbocycles. The summed E-state index contributed by atoms with van der Waals surface area (Å²) in [6, 6.07) is 6.08. The van der Waals surface area contributed by atoms with Gasteiger partial charge < -0.3 is 4.98 Å². The molecule has 1 aromatic carbocycles. The Labute approximate surface area is 140 Å². The fourth-order valence-corrected chi connectivity index (χ4v) is 4.46.